The molecule has 1 aliphatic rings. The lowest BCUT2D eigenvalue weighted by Gasteiger charge is -2.30. The number of carboxylic acids is 1. The first kappa shape index (κ1) is 15.3. The van der Waals surface area contributed by atoms with Gasteiger partial charge in [-0.25, -0.2) is 4.79 Å². The van der Waals surface area contributed by atoms with E-state index in [4.69, 9.17) is 16.7 Å². The lowest BCUT2D eigenvalue weighted by atomic mass is 10.2. The van der Waals surface area contributed by atoms with Crippen LogP contribution in [-0.4, -0.2) is 40.5 Å². The summed E-state index contributed by atoms with van der Waals surface area (Å²) in [5.74, 6) is -1.66. The minimum Gasteiger partial charge on any atom is -0.480 e. The number of hydrogen-bond acceptors (Lipinski definition) is 3. The Morgan fingerprint density at radius 3 is 2.67 bits per heavy atom. The van der Waals surface area contributed by atoms with Gasteiger partial charge in [0.2, 0.25) is 11.8 Å². The molecule has 0 bridgehead atoms. The number of benzene rings is 1. The predicted octanol–water partition coefficient (Wildman–Crippen LogP) is 1.73. The van der Waals surface area contributed by atoms with Crippen molar-refractivity contribution >= 4 is 35.1 Å². The van der Waals surface area contributed by atoms with Gasteiger partial charge < -0.3 is 10.0 Å². The molecular formula is C14H15ClN2O4. The van der Waals surface area contributed by atoms with Crippen LogP contribution in [0, 0.1) is 0 Å². The van der Waals surface area contributed by atoms with Gasteiger partial charge in [0.1, 0.15) is 12.7 Å². The monoisotopic (exact) mass is 310 g/mol. The molecule has 0 aromatic heterocycles. The van der Waals surface area contributed by atoms with Gasteiger partial charge in [0.15, 0.2) is 0 Å². The van der Waals surface area contributed by atoms with Crippen LogP contribution in [-0.2, 0) is 14.4 Å². The maximum atomic E-state index is 11.9. The highest BCUT2D eigenvalue weighted by molar-refractivity contribution is 6.33. The Morgan fingerprint density at radius 1 is 1.43 bits per heavy atom. The van der Waals surface area contributed by atoms with Gasteiger partial charge in [0.25, 0.3) is 0 Å². The summed E-state index contributed by atoms with van der Waals surface area (Å²) in [5.41, 5.74) is 0.454. The van der Waals surface area contributed by atoms with E-state index in [1.54, 1.807) is 24.3 Å². The van der Waals surface area contributed by atoms with Crippen molar-refractivity contribution in [2.45, 2.75) is 25.8 Å². The number of anilines is 1. The van der Waals surface area contributed by atoms with Gasteiger partial charge in [-0.3, -0.25) is 14.5 Å². The summed E-state index contributed by atoms with van der Waals surface area (Å²) in [6, 6.07) is 5.83. The summed E-state index contributed by atoms with van der Waals surface area (Å²) in [7, 11) is 0. The topological polar surface area (TPSA) is 77.9 Å². The zero-order chi connectivity index (χ0) is 15.6. The third-order valence-electron chi connectivity index (χ3n) is 3.43. The second-order valence-corrected chi connectivity index (χ2v) is 5.20. The molecule has 2 rings (SSSR count). The quantitative estimate of drug-likeness (QED) is 0.918. The average Bonchev–Trinajstić information content (AvgIpc) is 2.78. The molecule has 7 heteroatoms. The normalized spacial score (nSPS) is 17.9. The van der Waals surface area contributed by atoms with E-state index in [1.807, 2.05) is 0 Å². The van der Waals surface area contributed by atoms with Crippen LogP contribution in [0.25, 0.3) is 0 Å². The maximum absolute atomic E-state index is 11.9. The van der Waals surface area contributed by atoms with Crippen LogP contribution in [0.15, 0.2) is 24.3 Å². The van der Waals surface area contributed by atoms with Crippen molar-refractivity contribution in [1.29, 1.82) is 0 Å². The Labute approximate surface area is 126 Å². The molecule has 0 aliphatic carbocycles. The van der Waals surface area contributed by atoms with E-state index in [0.29, 0.717) is 10.7 Å². The summed E-state index contributed by atoms with van der Waals surface area (Å²) in [4.78, 5) is 37.4. The SMILES string of the molecule is CC(=O)N(CN1C(=O)CC[C@@H]1C(=O)O)c1ccccc1Cl. The van der Waals surface area contributed by atoms with Crippen LogP contribution in [0.3, 0.4) is 0 Å². The van der Waals surface area contributed by atoms with Gasteiger partial charge in [0.05, 0.1) is 10.7 Å². The van der Waals surface area contributed by atoms with E-state index in [2.05, 4.69) is 0 Å². The molecule has 1 aromatic carbocycles. The lowest BCUT2D eigenvalue weighted by molar-refractivity contribution is -0.146. The summed E-state index contributed by atoms with van der Waals surface area (Å²) in [6.45, 7) is 1.23. The number of hydrogen-bond donors (Lipinski definition) is 1. The van der Waals surface area contributed by atoms with E-state index in [1.165, 1.54) is 16.7 Å². The number of aliphatic carboxylic acids is 1. The van der Waals surface area contributed by atoms with Crippen molar-refractivity contribution in [3.63, 3.8) is 0 Å². The second-order valence-electron chi connectivity index (χ2n) is 4.80. The summed E-state index contributed by atoms with van der Waals surface area (Å²) in [5, 5.41) is 9.52. The van der Waals surface area contributed by atoms with E-state index in [-0.39, 0.29) is 31.3 Å². The summed E-state index contributed by atoms with van der Waals surface area (Å²) >= 11 is 6.07. The van der Waals surface area contributed by atoms with E-state index >= 15 is 0 Å². The highest BCUT2D eigenvalue weighted by Crippen LogP contribution is 2.27. The lowest BCUT2D eigenvalue weighted by Crippen LogP contribution is -2.47. The van der Waals surface area contributed by atoms with Crippen LogP contribution in [0.1, 0.15) is 19.8 Å². The van der Waals surface area contributed by atoms with Crippen molar-refractivity contribution in [2.75, 3.05) is 11.6 Å². The van der Waals surface area contributed by atoms with Crippen molar-refractivity contribution < 1.29 is 19.5 Å². The number of halogens is 1. The molecular weight excluding hydrogens is 296 g/mol. The van der Waals surface area contributed by atoms with Crippen LogP contribution < -0.4 is 4.90 Å². The first-order valence-corrected chi connectivity index (χ1v) is 6.84. The molecule has 0 saturated carbocycles. The second kappa shape index (κ2) is 6.13. The minimum atomic E-state index is -1.07. The molecule has 1 fully saturated rings. The number of amides is 2. The molecule has 112 valence electrons. The van der Waals surface area contributed by atoms with Gasteiger partial charge in [-0.15, -0.1) is 0 Å². The highest BCUT2D eigenvalue weighted by atomic mass is 35.5. The van der Waals surface area contributed by atoms with E-state index < -0.39 is 12.0 Å². The molecule has 0 radical (unpaired) electrons. The molecule has 1 atom stereocenters. The van der Waals surface area contributed by atoms with Crippen molar-refractivity contribution in [3.8, 4) is 0 Å². The van der Waals surface area contributed by atoms with Gasteiger partial charge in [-0.1, -0.05) is 23.7 Å². The Kier molecular flexibility index (Phi) is 4.47. The zero-order valence-corrected chi connectivity index (χ0v) is 12.2. The third kappa shape index (κ3) is 3.16. The molecule has 2 amide bonds. The van der Waals surface area contributed by atoms with E-state index in [9.17, 15) is 14.4 Å². The van der Waals surface area contributed by atoms with E-state index in [0.717, 1.165) is 0 Å². The number of carboxylic acid groups (broad SMARTS) is 1. The largest absolute Gasteiger partial charge is 0.480 e. The number of carbonyl (C=O) groups excluding carboxylic acids is 2. The number of rotatable bonds is 4. The fraction of sp³-hybridized carbons (Fsp3) is 0.357. The average molecular weight is 311 g/mol. The molecule has 1 N–H and O–H groups in total. The molecule has 6 nitrogen and oxygen atoms in total. The molecule has 1 saturated heterocycles. The fourth-order valence-electron chi connectivity index (χ4n) is 2.34. The molecule has 1 aromatic rings. The van der Waals surface area contributed by atoms with Crippen molar-refractivity contribution in [3.05, 3.63) is 29.3 Å². The molecule has 1 heterocycles. The first-order valence-electron chi connectivity index (χ1n) is 6.46. The number of carbonyl (C=O) groups is 3. The standard InChI is InChI=1S/C14H15ClN2O4/c1-9(18)16(11-5-3-2-4-10(11)15)8-17-12(14(20)21)6-7-13(17)19/h2-5,12H,6-8H2,1H3,(H,20,21)/t12-/m1/s1. The highest BCUT2D eigenvalue weighted by Gasteiger charge is 2.37. The summed E-state index contributed by atoms with van der Waals surface area (Å²) in [6.07, 6.45) is 0.424. The van der Waals surface area contributed by atoms with Crippen molar-refractivity contribution in [1.82, 2.24) is 4.90 Å². The summed E-state index contributed by atoms with van der Waals surface area (Å²) < 4.78 is 0. The molecule has 0 unspecified atom stereocenters. The predicted molar refractivity (Wildman–Crippen MR) is 77.0 cm³/mol. The molecule has 0 spiro atoms. The first-order chi connectivity index (χ1) is 9.91. The Hall–Kier alpha value is -2.08. The van der Waals surface area contributed by atoms with Crippen molar-refractivity contribution in [2.24, 2.45) is 0 Å². The van der Waals surface area contributed by atoms with Gasteiger partial charge >= 0.3 is 5.97 Å². The third-order valence-corrected chi connectivity index (χ3v) is 3.75. The van der Waals surface area contributed by atoms with Gasteiger partial charge in [-0.05, 0) is 18.6 Å². The van der Waals surface area contributed by atoms with Gasteiger partial charge in [-0.2, -0.15) is 0 Å². The number of para-hydroxylation sites is 1. The smallest absolute Gasteiger partial charge is 0.326 e. The number of nitrogens with zero attached hydrogens (tertiary/aromatic N) is 2. The van der Waals surface area contributed by atoms with Crippen LogP contribution in [0.4, 0.5) is 5.69 Å². The molecule has 21 heavy (non-hydrogen) atoms. The Bertz CT molecular complexity index is 590. The zero-order valence-electron chi connectivity index (χ0n) is 11.5. The Balaban J connectivity index is 2.28. The molecule has 1 aliphatic heterocycles. The fourth-order valence-corrected chi connectivity index (χ4v) is 2.57. The minimum absolute atomic E-state index is 0.116. The maximum Gasteiger partial charge on any atom is 0.326 e. The van der Waals surface area contributed by atoms with Crippen LogP contribution in [0.5, 0.6) is 0 Å². The Morgan fingerprint density at radius 2 is 2.10 bits per heavy atom. The number of likely N-dealkylation sites (tertiary alicyclic amines) is 1. The van der Waals surface area contributed by atoms with Gasteiger partial charge in [0, 0.05) is 13.3 Å². The van der Waals surface area contributed by atoms with Crippen LogP contribution in [0.2, 0.25) is 5.02 Å². The van der Waals surface area contributed by atoms with Crippen LogP contribution >= 0.6 is 11.6 Å².